The van der Waals surface area contributed by atoms with Gasteiger partial charge in [-0.15, -0.1) is 0 Å². The van der Waals surface area contributed by atoms with Crippen LogP contribution in [0, 0.1) is 0 Å². The van der Waals surface area contributed by atoms with E-state index < -0.39 is 24.3 Å². The summed E-state index contributed by atoms with van der Waals surface area (Å²) in [5.41, 5.74) is 0. The molecule has 0 N–H and O–H groups in total. The number of allylic oxidation sites excluding steroid dienone is 6. The van der Waals surface area contributed by atoms with E-state index in [0.717, 1.165) is 83.5 Å². The maximum atomic E-state index is 12.7. The molecular weight excluding hydrogens is 670 g/mol. The van der Waals surface area contributed by atoms with Crippen LogP contribution in [0.3, 0.4) is 0 Å². The summed E-state index contributed by atoms with van der Waals surface area (Å²) in [6.45, 7) is 4.65. The van der Waals surface area contributed by atoms with Gasteiger partial charge in [0, 0.05) is 12.8 Å². The summed E-state index contributed by atoms with van der Waals surface area (Å²) in [7, 11) is 5.89. The normalized spacial score (nSPS) is 13.3. The Bertz CT molecular complexity index is 971. The minimum atomic E-state index is -1.62. The minimum Gasteiger partial charge on any atom is -0.545 e. The van der Waals surface area contributed by atoms with Gasteiger partial charge in [0.25, 0.3) is 0 Å². The standard InChI is InChI=1S/C44H79NO8/c1-6-8-10-12-14-16-18-20-22-24-26-28-30-32-34-41(46)51-38-40(39-52-44(43(48)49)50-37-36-45(3,4)5)53-42(47)35-33-31-29-27-25-23-21-19-17-15-13-11-9-7-2/h13,15,18-21,40,44H,6-12,14,16-17,22-39H2,1-5H3/b15-13-,20-18-,21-19-. The third-order valence-corrected chi connectivity index (χ3v) is 8.86. The first-order valence-electron chi connectivity index (χ1n) is 21.1. The van der Waals surface area contributed by atoms with Crippen LogP contribution in [0.5, 0.6) is 0 Å². The molecule has 0 saturated heterocycles. The monoisotopic (exact) mass is 750 g/mol. The van der Waals surface area contributed by atoms with E-state index in [-0.39, 0.29) is 38.6 Å². The second kappa shape index (κ2) is 36.5. The zero-order valence-corrected chi connectivity index (χ0v) is 34.6. The zero-order chi connectivity index (χ0) is 39.3. The first-order chi connectivity index (χ1) is 25.6. The maximum absolute atomic E-state index is 12.7. The van der Waals surface area contributed by atoms with E-state index in [1.54, 1.807) is 0 Å². The van der Waals surface area contributed by atoms with Crippen molar-refractivity contribution < 1.29 is 42.9 Å². The van der Waals surface area contributed by atoms with Crippen LogP contribution in [-0.4, -0.2) is 82.3 Å². The number of carboxylic acid groups (broad SMARTS) is 1. The molecule has 0 aliphatic carbocycles. The van der Waals surface area contributed by atoms with E-state index >= 15 is 0 Å². The molecule has 2 unspecified atom stereocenters. The van der Waals surface area contributed by atoms with Gasteiger partial charge in [0.15, 0.2) is 12.4 Å². The SMILES string of the molecule is CCCC/C=C\C/C=C\CCCCCCCC(=O)OC(COC(=O)CCCCCCC/C=C\CCCCCCC)COC(OCC[N+](C)(C)C)C(=O)[O-]. The molecule has 0 bridgehead atoms. The van der Waals surface area contributed by atoms with E-state index in [1.165, 1.54) is 51.4 Å². The molecule has 308 valence electrons. The molecule has 0 radical (unpaired) electrons. The second-order valence-electron chi connectivity index (χ2n) is 15.3. The van der Waals surface area contributed by atoms with Crippen LogP contribution in [0.1, 0.15) is 168 Å². The number of carboxylic acids is 1. The lowest BCUT2D eigenvalue weighted by atomic mass is 10.1. The van der Waals surface area contributed by atoms with Crippen LogP contribution in [0.2, 0.25) is 0 Å². The highest BCUT2D eigenvalue weighted by Gasteiger charge is 2.21. The highest BCUT2D eigenvalue weighted by Crippen LogP contribution is 2.12. The van der Waals surface area contributed by atoms with Crippen molar-refractivity contribution in [2.24, 2.45) is 0 Å². The molecule has 9 nitrogen and oxygen atoms in total. The summed E-state index contributed by atoms with van der Waals surface area (Å²) in [4.78, 5) is 36.9. The van der Waals surface area contributed by atoms with E-state index in [2.05, 4.69) is 50.3 Å². The Morgan fingerprint density at radius 1 is 0.566 bits per heavy atom. The van der Waals surface area contributed by atoms with E-state index in [1.807, 2.05) is 21.1 Å². The molecule has 0 fully saturated rings. The highest BCUT2D eigenvalue weighted by atomic mass is 16.7. The van der Waals surface area contributed by atoms with Crippen LogP contribution in [-0.2, 0) is 33.3 Å². The van der Waals surface area contributed by atoms with Gasteiger partial charge >= 0.3 is 11.9 Å². The quantitative estimate of drug-likeness (QED) is 0.0202. The molecule has 0 aliphatic heterocycles. The predicted octanol–water partition coefficient (Wildman–Crippen LogP) is 9.33. The van der Waals surface area contributed by atoms with E-state index in [9.17, 15) is 19.5 Å². The third kappa shape index (κ3) is 37.6. The molecule has 0 saturated carbocycles. The molecule has 2 atom stereocenters. The topological polar surface area (TPSA) is 111 Å². The summed E-state index contributed by atoms with van der Waals surface area (Å²) in [5.74, 6) is -2.32. The van der Waals surface area contributed by atoms with Crippen molar-refractivity contribution in [3.8, 4) is 0 Å². The summed E-state index contributed by atoms with van der Waals surface area (Å²) < 4.78 is 22.5. The fourth-order valence-electron chi connectivity index (χ4n) is 5.49. The third-order valence-electron chi connectivity index (χ3n) is 8.86. The number of rotatable bonds is 38. The van der Waals surface area contributed by atoms with Gasteiger partial charge in [-0.05, 0) is 64.2 Å². The van der Waals surface area contributed by atoms with E-state index in [0.29, 0.717) is 17.4 Å². The van der Waals surface area contributed by atoms with Crippen molar-refractivity contribution in [1.82, 2.24) is 0 Å². The van der Waals surface area contributed by atoms with Crippen molar-refractivity contribution in [2.75, 3.05) is 47.5 Å². The van der Waals surface area contributed by atoms with Crippen LogP contribution >= 0.6 is 0 Å². The number of carbonyl (C=O) groups excluding carboxylic acids is 3. The number of aliphatic carboxylic acids is 1. The highest BCUT2D eigenvalue weighted by molar-refractivity contribution is 5.70. The Morgan fingerprint density at radius 2 is 1.04 bits per heavy atom. The largest absolute Gasteiger partial charge is 0.545 e. The number of carbonyl (C=O) groups is 3. The Morgan fingerprint density at radius 3 is 1.57 bits per heavy atom. The molecule has 0 aromatic heterocycles. The molecule has 9 heteroatoms. The van der Waals surface area contributed by atoms with Crippen molar-refractivity contribution in [3.63, 3.8) is 0 Å². The molecule has 0 spiro atoms. The molecule has 0 aliphatic rings. The number of hydrogen-bond donors (Lipinski definition) is 0. The van der Waals surface area contributed by atoms with Gasteiger partial charge in [0.2, 0.25) is 0 Å². The lowest BCUT2D eigenvalue weighted by Crippen LogP contribution is -2.44. The van der Waals surface area contributed by atoms with Crippen molar-refractivity contribution >= 4 is 17.9 Å². The van der Waals surface area contributed by atoms with Crippen LogP contribution in [0.25, 0.3) is 0 Å². The average molecular weight is 750 g/mol. The molecule has 0 heterocycles. The smallest absolute Gasteiger partial charge is 0.306 e. The Kier molecular flexibility index (Phi) is 34.8. The zero-order valence-electron chi connectivity index (χ0n) is 34.6. The molecule has 53 heavy (non-hydrogen) atoms. The molecule has 0 amide bonds. The number of hydrogen-bond acceptors (Lipinski definition) is 8. The minimum absolute atomic E-state index is 0.143. The second-order valence-corrected chi connectivity index (χ2v) is 15.3. The Hall–Kier alpha value is -2.49. The van der Waals surface area contributed by atoms with Gasteiger partial charge in [0.05, 0.1) is 40.3 Å². The van der Waals surface area contributed by atoms with Gasteiger partial charge < -0.3 is 33.3 Å². The van der Waals surface area contributed by atoms with Gasteiger partial charge in [-0.2, -0.15) is 0 Å². The molecule has 0 rings (SSSR count). The lowest BCUT2D eigenvalue weighted by molar-refractivity contribution is -0.870. The van der Waals surface area contributed by atoms with Gasteiger partial charge in [-0.3, -0.25) is 9.59 Å². The number of quaternary nitrogens is 1. The Labute approximate surface area is 324 Å². The first kappa shape index (κ1) is 50.5. The number of nitrogens with zero attached hydrogens (tertiary/aromatic N) is 1. The number of esters is 2. The van der Waals surface area contributed by atoms with Crippen molar-refractivity contribution in [2.45, 2.75) is 180 Å². The Balaban J connectivity index is 4.52. The van der Waals surface area contributed by atoms with Gasteiger partial charge in [-0.25, -0.2) is 0 Å². The summed E-state index contributed by atoms with van der Waals surface area (Å²) in [6, 6.07) is 0. The fourth-order valence-corrected chi connectivity index (χ4v) is 5.49. The van der Waals surface area contributed by atoms with Crippen molar-refractivity contribution in [3.05, 3.63) is 36.5 Å². The number of unbranched alkanes of at least 4 members (excludes halogenated alkanes) is 17. The maximum Gasteiger partial charge on any atom is 0.306 e. The average Bonchev–Trinajstić information content (AvgIpc) is 3.11. The summed E-state index contributed by atoms with van der Waals surface area (Å²) >= 11 is 0. The van der Waals surface area contributed by atoms with Gasteiger partial charge in [0.1, 0.15) is 13.2 Å². The number of ether oxygens (including phenoxy) is 4. The van der Waals surface area contributed by atoms with Crippen molar-refractivity contribution in [1.29, 1.82) is 0 Å². The van der Waals surface area contributed by atoms with Gasteiger partial charge in [-0.1, -0.05) is 127 Å². The molecule has 0 aromatic carbocycles. The van der Waals surface area contributed by atoms with E-state index in [4.69, 9.17) is 18.9 Å². The fraction of sp³-hybridized carbons (Fsp3) is 0.795. The molecule has 0 aromatic rings. The number of likely N-dealkylation sites (N-methyl/N-ethyl adjacent to an activating group) is 1. The van der Waals surface area contributed by atoms with Crippen LogP contribution < -0.4 is 5.11 Å². The summed E-state index contributed by atoms with van der Waals surface area (Å²) in [6.07, 6.45) is 36.0. The lowest BCUT2D eigenvalue weighted by Gasteiger charge is -2.26. The predicted molar refractivity (Wildman–Crippen MR) is 214 cm³/mol. The first-order valence-corrected chi connectivity index (χ1v) is 21.1. The van der Waals surface area contributed by atoms with Crippen LogP contribution in [0.4, 0.5) is 0 Å². The van der Waals surface area contributed by atoms with Crippen LogP contribution in [0.15, 0.2) is 36.5 Å². The molecular formula is C44H79NO8. The summed E-state index contributed by atoms with van der Waals surface area (Å²) in [5, 5.41) is 11.7.